The Hall–Kier alpha value is -1.85. The predicted molar refractivity (Wildman–Crippen MR) is 72.8 cm³/mol. The third-order valence-electron chi connectivity index (χ3n) is 2.39. The molecule has 1 aromatic heterocycles. The van der Waals surface area contributed by atoms with Crippen molar-refractivity contribution < 1.29 is 9.90 Å². The van der Waals surface area contributed by atoms with Crippen LogP contribution < -0.4 is 5.32 Å². The van der Waals surface area contributed by atoms with Gasteiger partial charge in [0.2, 0.25) is 0 Å². The van der Waals surface area contributed by atoms with Crippen molar-refractivity contribution in [3.63, 3.8) is 0 Å². The molecule has 0 spiro atoms. The number of hydrogen-bond acceptors (Lipinski definition) is 4. The van der Waals surface area contributed by atoms with E-state index in [2.05, 4.69) is 15.3 Å². The molecule has 7 heteroatoms. The number of rotatable bonds is 2. The van der Waals surface area contributed by atoms with Crippen LogP contribution in [-0.4, -0.2) is 21.0 Å². The van der Waals surface area contributed by atoms with E-state index in [4.69, 9.17) is 23.2 Å². The lowest BCUT2D eigenvalue weighted by molar-refractivity contribution is 0.102. The molecule has 2 N–H and O–H groups in total. The molecule has 0 unspecified atom stereocenters. The number of phenolic OH excluding ortho intramolecular Hbond substituents is 1. The number of nitrogens with one attached hydrogen (secondary N) is 1. The SMILES string of the molecule is Cc1ccc(C(=O)Nc2c(Cl)ncnc2Cl)c(O)c1. The average molecular weight is 298 g/mol. The minimum Gasteiger partial charge on any atom is -0.507 e. The van der Waals surface area contributed by atoms with Crippen LogP contribution in [0.4, 0.5) is 5.69 Å². The topological polar surface area (TPSA) is 75.1 Å². The molecule has 0 fully saturated rings. The van der Waals surface area contributed by atoms with Gasteiger partial charge in [0, 0.05) is 0 Å². The number of phenols is 1. The molecule has 2 aromatic rings. The fourth-order valence-electron chi connectivity index (χ4n) is 1.46. The largest absolute Gasteiger partial charge is 0.507 e. The molecule has 1 aromatic carbocycles. The standard InChI is InChI=1S/C12H9Cl2N3O2/c1-6-2-3-7(8(18)4-6)12(19)17-9-10(13)15-5-16-11(9)14/h2-5,18H,1H3,(H,17,19). The first-order valence-electron chi connectivity index (χ1n) is 5.26. The quantitative estimate of drug-likeness (QED) is 0.836. The predicted octanol–water partition coefficient (Wildman–Crippen LogP) is 3.05. The number of hydrogen-bond donors (Lipinski definition) is 2. The number of aromatic hydroxyl groups is 1. The zero-order valence-corrected chi connectivity index (χ0v) is 11.3. The first kappa shape index (κ1) is 13.6. The highest BCUT2D eigenvalue weighted by molar-refractivity contribution is 6.38. The average Bonchev–Trinajstić information content (AvgIpc) is 2.33. The molecule has 0 saturated heterocycles. The van der Waals surface area contributed by atoms with Crippen LogP contribution in [0.5, 0.6) is 5.75 Å². The molecular formula is C12H9Cl2N3O2. The molecule has 0 atom stereocenters. The highest BCUT2D eigenvalue weighted by atomic mass is 35.5. The number of amides is 1. The van der Waals surface area contributed by atoms with Crippen molar-refractivity contribution >= 4 is 34.8 Å². The van der Waals surface area contributed by atoms with Gasteiger partial charge in [-0.15, -0.1) is 0 Å². The van der Waals surface area contributed by atoms with Crippen LogP contribution in [0.1, 0.15) is 15.9 Å². The van der Waals surface area contributed by atoms with Gasteiger partial charge in [-0.1, -0.05) is 29.3 Å². The number of aromatic nitrogens is 2. The second-order valence-corrected chi connectivity index (χ2v) is 4.52. The van der Waals surface area contributed by atoms with Crippen molar-refractivity contribution in [3.05, 3.63) is 46.0 Å². The molecule has 1 amide bonds. The van der Waals surface area contributed by atoms with Gasteiger partial charge in [0.15, 0.2) is 10.3 Å². The van der Waals surface area contributed by atoms with Gasteiger partial charge in [0.25, 0.3) is 5.91 Å². The molecular weight excluding hydrogens is 289 g/mol. The Morgan fingerprint density at radius 1 is 1.26 bits per heavy atom. The van der Waals surface area contributed by atoms with Crippen LogP contribution in [0.2, 0.25) is 10.3 Å². The van der Waals surface area contributed by atoms with Crippen molar-refractivity contribution in [2.45, 2.75) is 6.92 Å². The number of carbonyl (C=O) groups excluding carboxylic acids is 1. The number of anilines is 1. The zero-order valence-electron chi connectivity index (χ0n) is 9.82. The Bertz CT molecular complexity index is 627. The first-order chi connectivity index (χ1) is 8.99. The highest BCUT2D eigenvalue weighted by Gasteiger charge is 2.15. The summed E-state index contributed by atoms with van der Waals surface area (Å²) in [5, 5.41) is 12.2. The van der Waals surface area contributed by atoms with Crippen molar-refractivity contribution in [3.8, 4) is 5.75 Å². The van der Waals surface area contributed by atoms with E-state index in [0.717, 1.165) is 5.56 Å². The van der Waals surface area contributed by atoms with E-state index in [1.807, 2.05) is 0 Å². The van der Waals surface area contributed by atoms with Crippen LogP contribution in [-0.2, 0) is 0 Å². The summed E-state index contributed by atoms with van der Waals surface area (Å²) in [6, 6.07) is 4.70. The van der Waals surface area contributed by atoms with Crippen LogP contribution in [0, 0.1) is 6.92 Å². The smallest absolute Gasteiger partial charge is 0.259 e. The summed E-state index contributed by atoms with van der Waals surface area (Å²) < 4.78 is 0. The highest BCUT2D eigenvalue weighted by Crippen LogP contribution is 2.27. The summed E-state index contributed by atoms with van der Waals surface area (Å²) in [7, 11) is 0. The van der Waals surface area contributed by atoms with Gasteiger partial charge in [-0.05, 0) is 24.6 Å². The van der Waals surface area contributed by atoms with Crippen LogP contribution in [0.3, 0.4) is 0 Å². The fourth-order valence-corrected chi connectivity index (χ4v) is 1.87. The number of halogens is 2. The van der Waals surface area contributed by atoms with Crippen molar-refractivity contribution in [2.24, 2.45) is 0 Å². The first-order valence-corrected chi connectivity index (χ1v) is 6.01. The third-order valence-corrected chi connectivity index (χ3v) is 2.96. The molecule has 1 heterocycles. The third kappa shape index (κ3) is 2.94. The summed E-state index contributed by atoms with van der Waals surface area (Å²) in [4.78, 5) is 19.4. The second-order valence-electron chi connectivity index (χ2n) is 3.81. The number of benzene rings is 1. The maximum atomic E-state index is 12.0. The van der Waals surface area contributed by atoms with Crippen LogP contribution >= 0.6 is 23.2 Å². The summed E-state index contributed by atoms with van der Waals surface area (Å²) in [5.41, 5.74) is 1.06. The molecule has 0 bridgehead atoms. The van der Waals surface area contributed by atoms with Crippen molar-refractivity contribution in [1.29, 1.82) is 0 Å². The fraction of sp³-hybridized carbons (Fsp3) is 0.0833. The van der Waals surface area contributed by atoms with Crippen LogP contribution in [0.15, 0.2) is 24.5 Å². The van der Waals surface area contributed by atoms with E-state index in [-0.39, 0.29) is 27.3 Å². The number of nitrogens with zero attached hydrogens (tertiary/aromatic N) is 2. The van der Waals surface area contributed by atoms with Crippen molar-refractivity contribution in [1.82, 2.24) is 9.97 Å². The second kappa shape index (κ2) is 5.42. The molecule has 0 saturated carbocycles. The van der Waals surface area contributed by atoms with E-state index in [1.54, 1.807) is 13.0 Å². The Morgan fingerprint density at radius 3 is 2.47 bits per heavy atom. The molecule has 0 aliphatic heterocycles. The van der Waals surface area contributed by atoms with E-state index < -0.39 is 5.91 Å². The maximum absolute atomic E-state index is 12.0. The molecule has 5 nitrogen and oxygen atoms in total. The lowest BCUT2D eigenvalue weighted by atomic mass is 10.1. The summed E-state index contributed by atoms with van der Waals surface area (Å²) >= 11 is 11.6. The zero-order chi connectivity index (χ0) is 14.0. The molecule has 98 valence electrons. The summed E-state index contributed by atoms with van der Waals surface area (Å²) in [6.07, 6.45) is 1.18. The summed E-state index contributed by atoms with van der Waals surface area (Å²) in [6.45, 7) is 1.81. The van der Waals surface area contributed by atoms with E-state index in [0.29, 0.717) is 0 Å². The molecule has 0 aliphatic rings. The minimum atomic E-state index is -0.545. The van der Waals surface area contributed by atoms with Gasteiger partial charge in [0.1, 0.15) is 17.8 Å². The van der Waals surface area contributed by atoms with Gasteiger partial charge in [0.05, 0.1) is 5.56 Å². The minimum absolute atomic E-state index is 0.0277. The van der Waals surface area contributed by atoms with Gasteiger partial charge in [-0.25, -0.2) is 9.97 Å². The Kier molecular flexibility index (Phi) is 3.87. The number of carbonyl (C=O) groups is 1. The molecule has 19 heavy (non-hydrogen) atoms. The van der Waals surface area contributed by atoms with Gasteiger partial charge >= 0.3 is 0 Å². The van der Waals surface area contributed by atoms with Gasteiger partial charge in [-0.2, -0.15) is 0 Å². The molecule has 0 radical (unpaired) electrons. The van der Waals surface area contributed by atoms with E-state index in [9.17, 15) is 9.90 Å². The Morgan fingerprint density at radius 2 is 1.89 bits per heavy atom. The lowest BCUT2D eigenvalue weighted by Crippen LogP contribution is -2.13. The van der Waals surface area contributed by atoms with E-state index in [1.165, 1.54) is 18.5 Å². The molecule has 0 aliphatic carbocycles. The Labute approximate surface area is 119 Å². The Balaban J connectivity index is 2.31. The van der Waals surface area contributed by atoms with E-state index >= 15 is 0 Å². The van der Waals surface area contributed by atoms with Gasteiger partial charge in [-0.3, -0.25) is 4.79 Å². The van der Waals surface area contributed by atoms with Crippen molar-refractivity contribution in [2.75, 3.05) is 5.32 Å². The lowest BCUT2D eigenvalue weighted by Gasteiger charge is -2.09. The summed E-state index contributed by atoms with van der Waals surface area (Å²) in [5.74, 6) is -0.669. The van der Waals surface area contributed by atoms with Gasteiger partial charge < -0.3 is 10.4 Å². The maximum Gasteiger partial charge on any atom is 0.259 e. The molecule has 2 rings (SSSR count). The number of aryl methyl sites for hydroxylation is 1. The van der Waals surface area contributed by atoms with Crippen LogP contribution in [0.25, 0.3) is 0 Å². The monoisotopic (exact) mass is 297 g/mol. The normalized spacial score (nSPS) is 10.3.